The Bertz CT molecular complexity index is 806. The minimum Gasteiger partial charge on any atom is -0.329 e. The van der Waals surface area contributed by atoms with Gasteiger partial charge in [0.05, 0.1) is 11.3 Å². The summed E-state index contributed by atoms with van der Waals surface area (Å²) in [5, 5.41) is 2.16. The second-order valence-corrected chi connectivity index (χ2v) is 5.56. The van der Waals surface area contributed by atoms with Gasteiger partial charge in [0.2, 0.25) is 11.8 Å². The van der Waals surface area contributed by atoms with Crippen LogP contribution in [0.2, 0.25) is 0 Å². The van der Waals surface area contributed by atoms with Crippen LogP contribution in [0.25, 0.3) is 0 Å². The smallest absolute Gasteiger partial charge is 0.329 e. The molecule has 0 aliphatic rings. The van der Waals surface area contributed by atoms with Gasteiger partial charge in [-0.1, -0.05) is 30.3 Å². The molecule has 0 spiro atoms. The Morgan fingerprint density at radius 1 is 1.04 bits per heavy atom. The van der Waals surface area contributed by atoms with Crippen LogP contribution in [-0.2, 0) is 22.3 Å². The fourth-order valence-electron chi connectivity index (χ4n) is 2.31. The third-order valence-corrected chi connectivity index (χ3v) is 3.61. The highest BCUT2D eigenvalue weighted by atomic mass is 19.4. The summed E-state index contributed by atoms with van der Waals surface area (Å²) in [5.74, 6) is -1.86. The number of nitrogens with one attached hydrogen (secondary N) is 1. The van der Waals surface area contributed by atoms with Crippen molar-refractivity contribution in [1.29, 1.82) is 0 Å². The number of carbonyl (C=O) groups is 2. The van der Waals surface area contributed by atoms with Crippen LogP contribution in [-0.4, -0.2) is 23.3 Å². The molecular weight excluding hydrogens is 352 g/mol. The first-order valence-electron chi connectivity index (χ1n) is 7.63. The van der Waals surface area contributed by atoms with Crippen molar-refractivity contribution in [2.45, 2.75) is 19.6 Å². The molecule has 8 heteroatoms. The minimum absolute atomic E-state index is 0.170. The Morgan fingerprint density at radius 3 is 2.27 bits per heavy atom. The maximum absolute atomic E-state index is 13.7. The highest BCUT2D eigenvalue weighted by molar-refractivity contribution is 5.95. The molecule has 0 saturated heterocycles. The van der Waals surface area contributed by atoms with Gasteiger partial charge in [0.1, 0.15) is 12.4 Å². The molecule has 0 bridgehead atoms. The summed E-state index contributed by atoms with van der Waals surface area (Å²) in [4.78, 5) is 24.9. The average Bonchev–Trinajstić information content (AvgIpc) is 2.55. The van der Waals surface area contributed by atoms with Crippen LogP contribution in [0.5, 0.6) is 0 Å². The number of carbonyl (C=O) groups excluding carboxylic acids is 2. The van der Waals surface area contributed by atoms with Crippen molar-refractivity contribution in [2.24, 2.45) is 0 Å². The maximum atomic E-state index is 13.7. The van der Waals surface area contributed by atoms with Crippen LogP contribution >= 0.6 is 0 Å². The normalized spacial score (nSPS) is 11.1. The molecule has 0 aliphatic carbocycles. The van der Waals surface area contributed by atoms with E-state index in [1.807, 2.05) is 0 Å². The van der Waals surface area contributed by atoms with Crippen LogP contribution in [0.4, 0.5) is 23.2 Å². The zero-order valence-corrected chi connectivity index (χ0v) is 13.8. The van der Waals surface area contributed by atoms with Crippen molar-refractivity contribution in [3.05, 3.63) is 65.5 Å². The summed E-state index contributed by atoms with van der Waals surface area (Å²) in [6, 6.07) is 10.3. The van der Waals surface area contributed by atoms with Gasteiger partial charge in [0.15, 0.2) is 0 Å². The number of hydrogen-bond donors (Lipinski definition) is 1. The van der Waals surface area contributed by atoms with E-state index in [4.69, 9.17) is 0 Å². The number of halogens is 4. The number of amides is 2. The molecule has 0 unspecified atom stereocenters. The van der Waals surface area contributed by atoms with Crippen molar-refractivity contribution in [2.75, 3.05) is 11.9 Å². The number of benzene rings is 2. The van der Waals surface area contributed by atoms with E-state index < -0.39 is 41.6 Å². The van der Waals surface area contributed by atoms with Gasteiger partial charge in [-0.2, -0.15) is 13.2 Å². The number of anilines is 1. The van der Waals surface area contributed by atoms with Crippen LogP contribution < -0.4 is 5.32 Å². The Hall–Kier alpha value is -2.90. The molecule has 138 valence electrons. The molecule has 2 aromatic carbocycles. The topological polar surface area (TPSA) is 49.4 Å². The number of alkyl halides is 3. The van der Waals surface area contributed by atoms with Crippen molar-refractivity contribution in [1.82, 2.24) is 4.90 Å². The van der Waals surface area contributed by atoms with E-state index >= 15 is 0 Å². The molecule has 0 saturated carbocycles. The van der Waals surface area contributed by atoms with Gasteiger partial charge in [0, 0.05) is 19.0 Å². The minimum atomic E-state index is -4.63. The molecule has 0 radical (unpaired) electrons. The molecule has 0 aliphatic heterocycles. The summed E-state index contributed by atoms with van der Waals surface area (Å²) in [7, 11) is 0. The van der Waals surface area contributed by atoms with Crippen LogP contribution in [0, 0.1) is 5.82 Å². The quantitative estimate of drug-likeness (QED) is 0.816. The first-order chi connectivity index (χ1) is 12.2. The predicted octanol–water partition coefficient (Wildman–Crippen LogP) is 3.83. The van der Waals surface area contributed by atoms with E-state index in [0.29, 0.717) is 0 Å². The van der Waals surface area contributed by atoms with Gasteiger partial charge in [-0.05, 0) is 18.2 Å². The van der Waals surface area contributed by atoms with E-state index in [9.17, 15) is 27.2 Å². The summed E-state index contributed by atoms with van der Waals surface area (Å²) < 4.78 is 52.6. The Labute approximate surface area is 147 Å². The van der Waals surface area contributed by atoms with Crippen LogP contribution in [0.1, 0.15) is 18.1 Å². The number of nitrogens with zero attached hydrogens (tertiary/aromatic N) is 1. The SMILES string of the molecule is CC(=O)N(CC(=O)Nc1ccccc1C(F)(F)F)Cc1ccccc1F. The van der Waals surface area contributed by atoms with Gasteiger partial charge in [-0.25, -0.2) is 4.39 Å². The third kappa shape index (κ3) is 5.05. The standard InChI is InChI=1S/C18H16F4N2O2/c1-12(25)24(10-13-6-2-4-8-15(13)19)11-17(26)23-16-9-5-3-7-14(16)18(20,21)22/h2-9H,10-11H2,1H3,(H,23,26). The summed E-state index contributed by atoms with van der Waals surface area (Å²) in [6.07, 6.45) is -4.63. The molecule has 2 amide bonds. The Morgan fingerprint density at radius 2 is 1.65 bits per heavy atom. The molecule has 2 rings (SSSR count). The van der Waals surface area contributed by atoms with Crippen molar-refractivity contribution < 1.29 is 27.2 Å². The number of hydrogen-bond acceptors (Lipinski definition) is 2. The average molecular weight is 368 g/mol. The second-order valence-electron chi connectivity index (χ2n) is 5.56. The predicted molar refractivity (Wildman–Crippen MR) is 87.6 cm³/mol. The molecule has 0 fully saturated rings. The molecular formula is C18H16F4N2O2. The van der Waals surface area contributed by atoms with E-state index in [2.05, 4.69) is 5.32 Å². The Balaban J connectivity index is 2.12. The highest BCUT2D eigenvalue weighted by Crippen LogP contribution is 2.34. The molecule has 2 aromatic rings. The van der Waals surface area contributed by atoms with Gasteiger partial charge < -0.3 is 10.2 Å². The Kier molecular flexibility index (Phi) is 5.97. The van der Waals surface area contributed by atoms with E-state index in [1.54, 1.807) is 6.07 Å². The lowest BCUT2D eigenvalue weighted by Crippen LogP contribution is -2.36. The molecule has 0 heterocycles. The lowest BCUT2D eigenvalue weighted by atomic mass is 10.1. The van der Waals surface area contributed by atoms with Crippen molar-refractivity contribution in [3.63, 3.8) is 0 Å². The monoisotopic (exact) mass is 368 g/mol. The fraction of sp³-hybridized carbons (Fsp3) is 0.222. The third-order valence-electron chi connectivity index (χ3n) is 3.61. The first-order valence-corrected chi connectivity index (χ1v) is 7.63. The zero-order chi connectivity index (χ0) is 19.3. The van der Waals surface area contributed by atoms with Crippen molar-refractivity contribution >= 4 is 17.5 Å². The van der Waals surface area contributed by atoms with Crippen LogP contribution in [0.3, 0.4) is 0 Å². The maximum Gasteiger partial charge on any atom is 0.418 e. The second kappa shape index (κ2) is 7.99. The van der Waals surface area contributed by atoms with Gasteiger partial charge in [-0.3, -0.25) is 9.59 Å². The largest absolute Gasteiger partial charge is 0.418 e. The molecule has 26 heavy (non-hydrogen) atoms. The van der Waals surface area contributed by atoms with E-state index in [1.165, 1.54) is 37.3 Å². The first kappa shape index (κ1) is 19.4. The number of para-hydroxylation sites is 1. The summed E-state index contributed by atoms with van der Waals surface area (Å²) in [5.41, 5.74) is -1.19. The molecule has 4 nitrogen and oxygen atoms in total. The molecule has 0 aromatic heterocycles. The lowest BCUT2D eigenvalue weighted by Gasteiger charge is -2.21. The van der Waals surface area contributed by atoms with E-state index in [-0.39, 0.29) is 12.1 Å². The van der Waals surface area contributed by atoms with Gasteiger partial charge in [0.25, 0.3) is 0 Å². The molecule has 0 atom stereocenters. The lowest BCUT2D eigenvalue weighted by molar-refractivity contribution is -0.137. The number of rotatable bonds is 5. The van der Waals surface area contributed by atoms with Crippen LogP contribution in [0.15, 0.2) is 48.5 Å². The highest BCUT2D eigenvalue weighted by Gasteiger charge is 2.33. The van der Waals surface area contributed by atoms with Crippen molar-refractivity contribution in [3.8, 4) is 0 Å². The van der Waals surface area contributed by atoms with Gasteiger partial charge >= 0.3 is 6.18 Å². The zero-order valence-electron chi connectivity index (χ0n) is 13.8. The fourth-order valence-corrected chi connectivity index (χ4v) is 2.31. The van der Waals surface area contributed by atoms with E-state index in [0.717, 1.165) is 17.0 Å². The summed E-state index contributed by atoms with van der Waals surface area (Å²) >= 11 is 0. The summed E-state index contributed by atoms with van der Waals surface area (Å²) in [6.45, 7) is 0.518. The van der Waals surface area contributed by atoms with Gasteiger partial charge in [-0.15, -0.1) is 0 Å². The molecule has 1 N–H and O–H groups in total.